The first-order valence-electron chi connectivity index (χ1n) is 8.19. The molecule has 170 valence electrons. The van der Waals surface area contributed by atoms with E-state index in [0.717, 1.165) is 19.8 Å². The zero-order chi connectivity index (χ0) is 25.0. The van der Waals surface area contributed by atoms with Gasteiger partial charge in [0.15, 0.2) is 0 Å². The van der Waals surface area contributed by atoms with Crippen molar-refractivity contribution in [3.63, 3.8) is 0 Å². The van der Waals surface area contributed by atoms with Crippen molar-refractivity contribution in [2.24, 2.45) is 5.41 Å². The van der Waals surface area contributed by atoms with E-state index in [2.05, 4.69) is 41.2 Å². The number of ether oxygens (including phenoxy) is 2. The third-order valence-corrected chi connectivity index (χ3v) is 3.19. The van der Waals surface area contributed by atoms with Crippen molar-refractivity contribution in [3.05, 3.63) is 78.8 Å². The number of benzene rings is 1. The molecule has 0 radical (unpaired) electrons. The Morgan fingerprint density at radius 3 is 1.78 bits per heavy atom. The fourth-order valence-electron chi connectivity index (χ4n) is 1.91. The van der Waals surface area contributed by atoms with Crippen LogP contribution in [0.1, 0.15) is 26.3 Å². The average Bonchev–Trinajstić information content (AvgIpc) is 2.80. The summed E-state index contributed by atoms with van der Waals surface area (Å²) in [6.45, 7) is 18.9. The van der Waals surface area contributed by atoms with Crippen LogP contribution in [0.5, 0.6) is 0 Å². The minimum absolute atomic E-state index is 0. The van der Waals surface area contributed by atoms with Gasteiger partial charge in [-0.3, -0.25) is 4.79 Å². The fourth-order valence-corrected chi connectivity index (χ4v) is 1.91. The molecule has 0 heterocycles. The number of carbonyl (C=O) groups is 3. The molecule has 0 unspecified atom stereocenters. The van der Waals surface area contributed by atoms with Crippen LogP contribution in [0.4, 0.5) is 0 Å². The van der Waals surface area contributed by atoms with Crippen LogP contribution >= 0.6 is 0 Å². The van der Waals surface area contributed by atoms with Gasteiger partial charge < -0.3 is 19.1 Å². The van der Waals surface area contributed by atoms with Crippen molar-refractivity contribution in [2.75, 3.05) is 14.2 Å². The fraction of sp³-hybridized carbons (Fsp3) is 0.261. The number of methoxy groups -OCH3 is 2. The van der Waals surface area contributed by atoms with E-state index in [-0.39, 0.29) is 22.6 Å². The first-order valence-corrected chi connectivity index (χ1v) is 8.19. The first kappa shape index (κ1) is 36.2. The molecule has 8 nitrogen and oxygen atoms in total. The van der Waals surface area contributed by atoms with Crippen molar-refractivity contribution < 1.29 is 54.9 Å². The van der Waals surface area contributed by atoms with E-state index in [1.54, 1.807) is 26.8 Å². The molecule has 0 N–H and O–H groups in total. The van der Waals surface area contributed by atoms with Crippen molar-refractivity contribution >= 4 is 23.8 Å². The topological polar surface area (TPSA) is 129 Å². The molecule has 0 aliphatic rings. The summed E-state index contributed by atoms with van der Waals surface area (Å²) >= 11 is 0. The van der Waals surface area contributed by atoms with Crippen LogP contribution < -0.4 is 0 Å². The molecule has 1 rings (SSSR count). The summed E-state index contributed by atoms with van der Waals surface area (Å²) in [6.07, 6.45) is 3.77. The van der Waals surface area contributed by atoms with Gasteiger partial charge in [-0.25, -0.2) is 0 Å². The van der Waals surface area contributed by atoms with E-state index in [1.165, 1.54) is 0 Å². The van der Waals surface area contributed by atoms with Crippen LogP contribution in [-0.2, 0) is 54.9 Å². The van der Waals surface area contributed by atoms with Gasteiger partial charge >= 0.3 is 33.9 Å². The van der Waals surface area contributed by atoms with Gasteiger partial charge in [-0.05, 0) is 22.6 Å². The number of esters is 2. The molecule has 32 heavy (non-hydrogen) atoms. The largest absolute Gasteiger partial charge is 0 e. The Labute approximate surface area is 198 Å². The second kappa shape index (κ2) is 21.1. The predicted molar refractivity (Wildman–Crippen MR) is 105 cm³/mol. The molecular formula is C23H21FeO8-. The van der Waals surface area contributed by atoms with Gasteiger partial charge in [0, 0.05) is 17.1 Å². The Balaban J connectivity index is -0.000000514. The Bertz CT molecular complexity index is 864. The van der Waals surface area contributed by atoms with Gasteiger partial charge in [0.05, 0.1) is 20.0 Å². The molecule has 0 amide bonds. The zero-order valence-corrected chi connectivity index (χ0v) is 19.2. The van der Waals surface area contributed by atoms with E-state index in [1.807, 2.05) is 30.3 Å². The maximum atomic E-state index is 12.8. The summed E-state index contributed by atoms with van der Waals surface area (Å²) in [5.41, 5.74) is 2.86. The van der Waals surface area contributed by atoms with Crippen molar-refractivity contribution in [3.8, 4) is 0 Å². The van der Waals surface area contributed by atoms with E-state index in [0.29, 0.717) is 0 Å². The number of carbonyl (C=O) groups excluding carboxylic acids is 3. The summed E-state index contributed by atoms with van der Waals surface area (Å²) in [6, 6.07) is 9.30. The van der Waals surface area contributed by atoms with E-state index >= 15 is 0 Å². The van der Waals surface area contributed by atoms with Crippen molar-refractivity contribution in [2.45, 2.75) is 20.8 Å². The Kier molecular flexibility index (Phi) is 23.9. The maximum Gasteiger partial charge on any atom is 0 e. The molecule has 1 aromatic carbocycles. The second-order valence-electron chi connectivity index (χ2n) is 6.14. The SMILES string of the molecule is COC(=O)[C-]=C(C(=O)OC)C(=O)C(=C=Cc1ccccc1)C(C)(C)C.[C-]#[O+].[C-]#[O+].[C-]#[O+].[Fe]. The van der Waals surface area contributed by atoms with Gasteiger partial charge in [-0.2, -0.15) is 0 Å². The van der Waals surface area contributed by atoms with Gasteiger partial charge in [0.25, 0.3) is 5.97 Å². The minimum atomic E-state index is -0.960. The number of hydrogen-bond donors (Lipinski definition) is 0. The normalized spacial score (nSPS) is 8.91. The molecule has 0 saturated heterocycles. The van der Waals surface area contributed by atoms with Gasteiger partial charge in [0.1, 0.15) is 0 Å². The van der Waals surface area contributed by atoms with Gasteiger partial charge in [-0.1, -0.05) is 62.8 Å². The molecule has 0 spiro atoms. The molecule has 1 aromatic rings. The number of rotatable bonds is 5. The van der Waals surface area contributed by atoms with Gasteiger partial charge in [0.2, 0.25) is 5.97 Å². The van der Waals surface area contributed by atoms with Crippen LogP contribution in [0.3, 0.4) is 0 Å². The smallest absolute Gasteiger partial charge is 0 e. The summed E-state index contributed by atoms with van der Waals surface area (Å²) in [5.74, 6) is -2.58. The quantitative estimate of drug-likeness (QED) is 0.0934. The molecule has 0 bridgehead atoms. The molecule has 0 saturated carbocycles. The first-order chi connectivity index (χ1) is 14.7. The van der Waals surface area contributed by atoms with Crippen molar-refractivity contribution in [1.29, 1.82) is 0 Å². The maximum absolute atomic E-state index is 12.8. The third-order valence-electron chi connectivity index (χ3n) is 3.19. The van der Waals surface area contributed by atoms with E-state index < -0.39 is 28.7 Å². The molecule has 0 fully saturated rings. The summed E-state index contributed by atoms with van der Waals surface area (Å²) in [4.78, 5) is 36.2. The molecule has 0 aliphatic heterocycles. The van der Waals surface area contributed by atoms with E-state index in [9.17, 15) is 14.4 Å². The Morgan fingerprint density at radius 1 is 0.938 bits per heavy atom. The Morgan fingerprint density at radius 2 is 1.41 bits per heavy atom. The number of hydrogen-bond acceptors (Lipinski definition) is 5. The van der Waals surface area contributed by atoms with Crippen LogP contribution in [0, 0.1) is 31.4 Å². The summed E-state index contributed by atoms with van der Waals surface area (Å²) in [7, 11) is 2.25. The van der Waals surface area contributed by atoms with E-state index in [4.69, 9.17) is 14.0 Å². The summed E-state index contributed by atoms with van der Waals surface area (Å²) in [5, 5.41) is 0. The summed E-state index contributed by atoms with van der Waals surface area (Å²) < 4.78 is 31.5. The molecule has 9 heteroatoms. The zero-order valence-electron chi connectivity index (χ0n) is 18.1. The standard InChI is InChI=1S/C20H21O5.3CO.Fe/c1-20(2,3)16(12-11-14-9-7-6-8-10-14)18(22)15(19(23)25-5)13-17(21)24-4;3*1-2;/h6-11H,1-5H3;;;;/q-1;;;;. The third kappa shape index (κ3) is 13.9. The van der Waals surface area contributed by atoms with Gasteiger partial charge in [-0.15, -0.1) is 5.73 Å². The monoisotopic (exact) mass is 481 g/mol. The average molecular weight is 481 g/mol. The molecule has 0 aliphatic carbocycles. The Hall–Kier alpha value is -3.17. The molecule has 0 aromatic heterocycles. The minimum Gasteiger partial charge on any atom is 0 e. The predicted octanol–water partition coefficient (Wildman–Crippen LogP) is 2.80. The molecule has 0 atom stereocenters. The van der Waals surface area contributed by atoms with Crippen LogP contribution in [0.15, 0.2) is 47.2 Å². The second-order valence-corrected chi connectivity index (χ2v) is 6.14. The van der Waals surface area contributed by atoms with Crippen molar-refractivity contribution in [1.82, 2.24) is 0 Å². The van der Waals surface area contributed by atoms with Crippen LogP contribution in [0.25, 0.3) is 6.08 Å². The molecular weight excluding hydrogens is 460 g/mol. The number of ketones is 1. The number of Topliss-reactive ketones (excluding diaryl/α,β-unsaturated/α-hetero) is 1. The number of allylic oxidation sites excluding steroid dienone is 1. The van der Waals surface area contributed by atoms with Crippen LogP contribution in [-0.4, -0.2) is 31.9 Å². The van der Waals surface area contributed by atoms with Crippen LogP contribution in [0.2, 0.25) is 0 Å².